The van der Waals surface area contributed by atoms with Crippen molar-refractivity contribution in [2.75, 3.05) is 5.32 Å². The number of hydrogen-bond donors (Lipinski definition) is 2. The summed E-state index contributed by atoms with van der Waals surface area (Å²) < 4.78 is 14.8. The van der Waals surface area contributed by atoms with Crippen molar-refractivity contribution >= 4 is 67.3 Å². The van der Waals surface area contributed by atoms with Crippen LogP contribution < -0.4 is 11.1 Å². The maximum absolute atomic E-state index is 13.2. The fraction of sp³-hybridized carbons (Fsp3) is 0. The van der Waals surface area contributed by atoms with Gasteiger partial charge in [-0.25, -0.2) is 4.39 Å². The molecule has 0 heterocycles. The molecular weight excluding hydrogens is 470 g/mol. The molecule has 1 amide bonds. The van der Waals surface area contributed by atoms with Crippen LogP contribution in [-0.2, 0) is 0 Å². The fourth-order valence-electron chi connectivity index (χ4n) is 1.69. The Morgan fingerprint density at radius 3 is 2.62 bits per heavy atom. The largest absolute Gasteiger partial charge is 0.389 e. The number of hydrogen-bond acceptors (Lipinski definition) is 2. The van der Waals surface area contributed by atoms with Crippen LogP contribution in [-0.4, -0.2) is 10.9 Å². The number of nitrogens with two attached hydrogens (primary N) is 1. The van der Waals surface area contributed by atoms with E-state index < -0.39 is 5.82 Å². The van der Waals surface area contributed by atoms with Gasteiger partial charge in [-0.05, 0) is 59.0 Å². The van der Waals surface area contributed by atoms with Gasteiger partial charge in [0.25, 0.3) is 5.91 Å². The predicted molar refractivity (Wildman–Crippen MR) is 97.1 cm³/mol. The lowest BCUT2D eigenvalue weighted by Gasteiger charge is -2.11. The number of rotatable bonds is 3. The minimum atomic E-state index is -0.465. The number of carbonyl (C=O) groups excluding carboxylic acids is 1. The quantitative estimate of drug-likeness (QED) is 0.516. The molecule has 0 aromatic heterocycles. The van der Waals surface area contributed by atoms with Crippen LogP contribution in [0.4, 0.5) is 10.1 Å². The third-order valence-electron chi connectivity index (χ3n) is 2.67. The van der Waals surface area contributed by atoms with Crippen LogP contribution in [0.2, 0.25) is 0 Å². The first-order valence-electron chi connectivity index (χ1n) is 5.74. The van der Waals surface area contributed by atoms with E-state index in [2.05, 4.69) is 43.8 Å². The normalized spacial score (nSPS) is 10.2. The molecule has 0 saturated heterocycles. The number of carbonyl (C=O) groups is 1. The Hall–Kier alpha value is -1.06. The van der Waals surface area contributed by atoms with E-state index in [-0.39, 0.29) is 10.9 Å². The van der Waals surface area contributed by atoms with Gasteiger partial charge in [0.15, 0.2) is 0 Å². The molecule has 0 aliphatic carbocycles. The van der Waals surface area contributed by atoms with E-state index in [4.69, 9.17) is 18.0 Å². The van der Waals surface area contributed by atoms with E-state index in [9.17, 15) is 9.18 Å². The zero-order valence-electron chi connectivity index (χ0n) is 10.5. The second kappa shape index (κ2) is 6.80. The van der Waals surface area contributed by atoms with Gasteiger partial charge >= 0.3 is 0 Å². The molecule has 0 aliphatic rings. The van der Waals surface area contributed by atoms with E-state index >= 15 is 0 Å². The minimum absolute atomic E-state index is 0.0220. The highest BCUT2D eigenvalue weighted by atomic mass is 127. The molecule has 0 fully saturated rings. The fourth-order valence-corrected chi connectivity index (χ4v) is 2.80. The number of nitrogens with one attached hydrogen (secondary N) is 1. The molecule has 3 N–H and O–H groups in total. The number of thiocarbonyl (C=S) groups is 1. The molecule has 3 nitrogen and oxygen atoms in total. The summed E-state index contributed by atoms with van der Waals surface area (Å²) >= 11 is 10.3. The van der Waals surface area contributed by atoms with Gasteiger partial charge in [-0.15, -0.1) is 0 Å². The molecule has 0 spiro atoms. The van der Waals surface area contributed by atoms with Crippen LogP contribution in [0.15, 0.2) is 40.9 Å². The molecule has 108 valence electrons. The van der Waals surface area contributed by atoms with Crippen molar-refractivity contribution in [2.45, 2.75) is 0 Å². The van der Waals surface area contributed by atoms with E-state index in [1.165, 1.54) is 18.2 Å². The van der Waals surface area contributed by atoms with Crippen LogP contribution in [0.5, 0.6) is 0 Å². The van der Waals surface area contributed by atoms with E-state index in [0.717, 1.165) is 8.04 Å². The SMILES string of the molecule is NC(=S)c1cc(F)ccc1NC(=O)c1cc(Br)ccc1I. The molecule has 2 aromatic rings. The number of benzene rings is 2. The Kier molecular flexibility index (Phi) is 5.28. The average molecular weight is 479 g/mol. The summed E-state index contributed by atoms with van der Waals surface area (Å²) in [7, 11) is 0. The topological polar surface area (TPSA) is 55.1 Å². The standard InChI is InChI=1S/C14H9BrFIN2OS/c15-7-1-3-11(17)9(5-7)14(20)19-12-4-2-8(16)6-10(12)13(18)21/h1-6H,(H2,18,21)(H,19,20). The monoisotopic (exact) mass is 478 g/mol. The van der Waals surface area contributed by atoms with E-state index in [1.54, 1.807) is 6.07 Å². The molecular formula is C14H9BrFIN2OS. The van der Waals surface area contributed by atoms with Gasteiger partial charge in [0, 0.05) is 13.6 Å². The number of anilines is 1. The van der Waals surface area contributed by atoms with Crippen LogP contribution in [0, 0.1) is 9.39 Å². The highest BCUT2D eigenvalue weighted by Crippen LogP contribution is 2.22. The molecule has 21 heavy (non-hydrogen) atoms. The highest BCUT2D eigenvalue weighted by molar-refractivity contribution is 14.1. The van der Waals surface area contributed by atoms with Crippen molar-refractivity contribution < 1.29 is 9.18 Å². The van der Waals surface area contributed by atoms with Crippen LogP contribution in [0.3, 0.4) is 0 Å². The lowest BCUT2D eigenvalue weighted by atomic mass is 10.1. The Labute approximate surface area is 148 Å². The molecule has 2 aromatic carbocycles. The summed E-state index contributed by atoms with van der Waals surface area (Å²) in [6.07, 6.45) is 0. The lowest BCUT2D eigenvalue weighted by Crippen LogP contribution is -2.18. The molecule has 0 atom stereocenters. The summed E-state index contributed by atoms with van der Waals surface area (Å²) in [4.78, 5) is 12.4. The van der Waals surface area contributed by atoms with Crippen molar-refractivity contribution in [2.24, 2.45) is 5.73 Å². The minimum Gasteiger partial charge on any atom is -0.389 e. The first kappa shape index (κ1) is 16.3. The molecule has 0 aliphatic heterocycles. The number of amides is 1. The van der Waals surface area contributed by atoms with E-state index in [0.29, 0.717) is 16.8 Å². The smallest absolute Gasteiger partial charge is 0.256 e. The maximum atomic E-state index is 13.2. The molecule has 7 heteroatoms. The number of halogens is 3. The van der Waals surface area contributed by atoms with Crippen molar-refractivity contribution in [3.8, 4) is 0 Å². The van der Waals surface area contributed by atoms with Crippen molar-refractivity contribution in [3.05, 3.63) is 61.4 Å². The van der Waals surface area contributed by atoms with Gasteiger partial charge < -0.3 is 11.1 Å². The van der Waals surface area contributed by atoms with Gasteiger partial charge in [-0.2, -0.15) is 0 Å². The zero-order chi connectivity index (χ0) is 15.6. The summed E-state index contributed by atoms with van der Waals surface area (Å²) in [5.41, 5.74) is 6.73. The second-order valence-corrected chi connectivity index (χ2v) is 6.65. The molecule has 0 bridgehead atoms. The Balaban J connectivity index is 2.36. The predicted octanol–water partition coefficient (Wildman–Crippen LogP) is 4.08. The van der Waals surface area contributed by atoms with E-state index in [1.807, 2.05) is 12.1 Å². The second-order valence-electron chi connectivity index (χ2n) is 4.13. The Bertz CT molecular complexity index is 739. The molecule has 0 saturated carbocycles. The van der Waals surface area contributed by atoms with Crippen molar-refractivity contribution in [3.63, 3.8) is 0 Å². The lowest BCUT2D eigenvalue weighted by molar-refractivity contribution is 0.102. The van der Waals surface area contributed by atoms with Gasteiger partial charge in [-0.1, -0.05) is 28.1 Å². The van der Waals surface area contributed by atoms with Gasteiger partial charge in [0.2, 0.25) is 0 Å². The summed E-state index contributed by atoms with van der Waals surface area (Å²) in [6.45, 7) is 0. The first-order valence-corrected chi connectivity index (χ1v) is 8.02. The maximum Gasteiger partial charge on any atom is 0.256 e. The summed E-state index contributed by atoms with van der Waals surface area (Å²) in [5.74, 6) is -0.780. The summed E-state index contributed by atoms with van der Waals surface area (Å²) in [5, 5.41) is 2.70. The van der Waals surface area contributed by atoms with Crippen molar-refractivity contribution in [1.29, 1.82) is 0 Å². The van der Waals surface area contributed by atoms with Crippen LogP contribution in [0.1, 0.15) is 15.9 Å². The molecule has 0 unspecified atom stereocenters. The average Bonchev–Trinajstić information content (AvgIpc) is 2.43. The van der Waals surface area contributed by atoms with Crippen LogP contribution >= 0.6 is 50.7 Å². The van der Waals surface area contributed by atoms with Crippen LogP contribution in [0.25, 0.3) is 0 Å². The van der Waals surface area contributed by atoms with Gasteiger partial charge in [0.1, 0.15) is 10.8 Å². The third kappa shape index (κ3) is 3.98. The molecule has 2 rings (SSSR count). The molecule has 0 radical (unpaired) electrons. The zero-order valence-corrected chi connectivity index (χ0v) is 15.1. The van der Waals surface area contributed by atoms with Crippen molar-refractivity contribution in [1.82, 2.24) is 0 Å². The Morgan fingerprint density at radius 2 is 1.95 bits per heavy atom. The first-order chi connectivity index (χ1) is 9.88. The highest BCUT2D eigenvalue weighted by Gasteiger charge is 2.14. The Morgan fingerprint density at radius 1 is 1.24 bits per heavy atom. The van der Waals surface area contributed by atoms with Gasteiger partial charge in [-0.3, -0.25) is 4.79 Å². The van der Waals surface area contributed by atoms with Gasteiger partial charge in [0.05, 0.1) is 11.3 Å². The summed E-state index contributed by atoms with van der Waals surface area (Å²) in [6, 6.07) is 9.25. The third-order valence-corrected chi connectivity index (χ3v) is 4.32.